The van der Waals surface area contributed by atoms with Gasteiger partial charge in [0, 0.05) is 12.8 Å². The quantitative estimate of drug-likeness (QED) is 0.539. The number of ketones is 1. The van der Waals surface area contributed by atoms with Crippen molar-refractivity contribution in [2.24, 2.45) is 5.41 Å². The van der Waals surface area contributed by atoms with Crippen LogP contribution in [-0.2, 0) is 4.79 Å². The van der Waals surface area contributed by atoms with Crippen LogP contribution in [-0.4, -0.2) is 12.0 Å². The van der Waals surface area contributed by atoms with Crippen molar-refractivity contribution in [1.29, 1.82) is 0 Å². The predicted molar refractivity (Wildman–Crippen MR) is 42.2 cm³/mol. The van der Waals surface area contributed by atoms with Gasteiger partial charge >= 0.3 is 6.18 Å². The molecule has 1 aliphatic carbocycles. The molecule has 1 atom stereocenters. The Morgan fingerprint density at radius 3 is 2.38 bits per heavy atom. The molecule has 0 saturated carbocycles. The van der Waals surface area contributed by atoms with Crippen LogP contribution in [0.5, 0.6) is 0 Å². The van der Waals surface area contributed by atoms with Crippen LogP contribution >= 0.6 is 0 Å². The lowest BCUT2D eigenvalue weighted by Crippen LogP contribution is -2.37. The van der Waals surface area contributed by atoms with Crippen LogP contribution < -0.4 is 0 Å². The largest absolute Gasteiger partial charge is 0.398 e. The molecule has 0 aromatic rings. The van der Waals surface area contributed by atoms with E-state index in [4.69, 9.17) is 0 Å². The lowest BCUT2D eigenvalue weighted by molar-refractivity contribution is -0.203. The predicted octanol–water partition coefficient (Wildman–Crippen LogP) is 2.86. The number of carbonyl (C=O) groups excluding carboxylic acids is 1. The van der Waals surface area contributed by atoms with E-state index in [1.165, 1.54) is 0 Å². The van der Waals surface area contributed by atoms with Crippen molar-refractivity contribution >= 4 is 5.78 Å². The van der Waals surface area contributed by atoms with E-state index in [1.54, 1.807) is 6.92 Å². The number of hydrogen-bond acceptors (Lipinski definition) is 1. The third-order valence-electron chi connectivity index (χ3n) is 2.25. The molecule has 1 rings (SSSR count). The maximum atomic E-state index is 12.5. The number of Topliss-reactive ketones (excluding diaryl/α,β-unsaturated/α-hetero) is 1. The summed E-state index contributed by atoms with van der Waals surface area (Å²) < 4.78 is 37.4. The number of carbonyl (C=O) groups is 1. The number of allylic oxidation sites excluding steroid dienone is 2. The number of rotatable bonds is 0. The van der Waals surface area contributed by atoms with E-state index >= 15 is 0 Å². The highest BCUT2D eigenvalue weighted by Gasteiger charge is 2.51. The molecule has 1 aliphatic rings. The average Bonchev–Trinajstić information content (AvgIpc) is 1.79. The van der Waals surface area contributed by atoms with Gasteiger partial charge in [0.05, 0.1) is 5.41 Å². The number of hydrogen-bond donors (Lipinski definition) is 0. The van der Waals surface area contributed by atoms with Crippen LogP contribution in [0.15, 0.2) is 11.6 Å². The lowest BCUT2D eigenvalue weighted by atomic mass is 9.77. The van der Waals surface area contributed by atoms with E-state index < -0.39 is 18.0 Å². The number of halogens is 3. The molecule has 13 heavy (non-hydrogen) atoms. The first-order valence-corrected chi connectivity index (χ1v) is 4.01. The summed E-state index contributed by atoms with van der Waals surface area (Å²) in [5, 5.41) is 0. The van der Waals surface area contributed by atoms with Gasteiger partial charge in [-0.25, -0.2) is 0 Å². The molecular weight excluding hydrogens is 181 g/mol. The Hall–Kier alpha value is -0.800. The first kappa shape index (κ1) is 10.3. The molecule has 0 aromatic carbocycles. The van der Waals surface area contributed by atoms with Crippen molar-refractivity contribution < 1.29 is 18.0 Å². The van der Waals surface area contributed by atoms with Gasteiger partial charge in [-0.1, -0.05) is 11.6 Å². The van der Waals surface area contributed by atoms with Gasteiger partial charge in [-0.2, -0.15) is 13.2 Å². The first-order valence-electron chi connectivity index (χ1n) is 4.01. The zero-order valence-electron chi connectivity index (χ0n) is 7.53. The minimum Gasteiger partial charge on any atom is -0.299 e. The molecular formula is C9H11F3O. The molecule has 74 valence electrons. The fraction of sp³-hybridized carbons (Fsp3) is 0.667. The summed E-state index contributed by atoms with van der Waals surface area (Å²) >= 11 is 0. The minimum absolute atomic E-state index is 0.158. The van der Waals surface area contributed by atoms with Crippen LogP contribution in [0.2, 0.25) is 0 Å². The van der Waals surface area contributed by atoms with E-state index in [9.17, 15) is 18.0 Å². The van der Waals surface area contributed by atoms with Gasteiger partial charge in [0.15, 0.2) is 0 Å². The minimum atomic E-state index is -4.33. The zero-order valence-corrected chi connectivity index (χ0v) is 7.53. The van der Waals surface area contributed by atoms with Crippen molar-refractivity contribution in [2.75, 3.05) is 0 Å². The summed E-state index contributed by atoms with van der Waals surface area (Å²) in [6.45, 7) is 2.62. The summed E-state index contributed by atoms with van der Waals surface area (Å²) in [5.74, 6) is -0.333. The maximum Gasteiger partial charge on any atom is 0.398 e. The van der Waals surface area contributed by atoms with Crippen LogP contribution in [0, 0.1) is 5.41 Å². The van der Waals surface area contributed by atoms with E-state index in [2.05, 4.69) is 0 Å². The van der Waals surface area contributed by atoms with Crippen molar-refractivity contribution in [1.82, 2.24) is 0 Å². The van der Waals surface area contributed by atoms with Crippen LogP contribution in [0.4, 0.5) is 13.2 Å². The molecule has 0 spiro atoms. The third-order valence-corrected chi connectivity index (χ3v) is 2.25. The van der Waals surface area contributed by atoms with Gasteiger partial charge < -0.3 is 0 Å². The van der Waals surface area contributed by atoms with Gasteiger partial charge in [-0.15, -0.1) is 0 Å². The maximum absolute atomic E-state index is 12.5. The Morgan fingerprint density at radius 1 is 1.46 bits per heavy atom. The highest BCUT2D eigenvalue weighted by atomic mass is 19.4. The third kappa shape index (κ3) is 1.92. The molecule has 0 aliphatic heterocycles. The molecule has 4 heteroatoms. The van der Waals surface area contributed by atoms with Crippen molar-refractivity contribution in [3.63, 3.8) is 0 Å². The Labute approximate surface area is 74.6 Å². The molecule has 0 saturated heterocycles. The summed E-state index contributed by atoms with van der Waals surface area (Å²) in [6.07, 6.45) is -3.43. The molecule has 1 unspecified atom stereocenters. The SMILES string of the molecule is CC1=CC(C)(C(F)(F)F)CC(=O)C1. The fourth-order valence-electron chi connectivity index (χ4n) is 1.61. The topological polar surface area (TPSA) is 17.1 Å². The molecule has 0 bridgehead atoms. The monoisotopic (exact) mass is 192 g/mol. The van der Waals surface area contributed by atoms with Crippen LogP contribution in [0.25, 0.3) is 0 Å². The van der Waals surface area contributed by atoms with E-state index in [0.717, 1.165) is 13.0 Å². The summed E-state index contributed by atoms with van der Waals surface area (Å²) in [5.41, 5.74) is -1.44. The normalized spacial score (nSPS) is 30.2. The van der Waals surface area contributed by atoms with E-state index in [1.807, 2.05) is 0 Å². The summed E-state index contributed by atoms with van der Waals surface area (Å²) in [4.78, 5) is 11.0. The average molecular weight is 192 g/mol. The second-order valence-corrected chi connectivity index (χ2v) is 3.80. The molecule has 0 fully saturated rings. The lowest BCUT2D eigenvalue weighted by Gasteiger charge is -2.32. The Bertz CT molecular complexity index is 265. The van der Waals surface area contributed by atoms with Crippen molar-refractivity contribution in [2.45, 2.75) is 32.9 Å². The van der Waals surface area contributed by atoms with Crippen molar-refractivity contribution in [3.05, 3.63) is 11.6 Å². The molecule has 0 radical (unpaired) electrons. The summed E-state index contributed by atoms with van der Waals surface area (Å²) in [6, 6.07) is 0. The van der Waals surface area contributed by atoms with Gasteiger partial charge in [-0.05, 0) is 13.8 Å². The van der Waals surface area contributed by atoms with E-state index in [-0.39, 0.29) is 12.2 Å². The Kier molecular flexibility index (Phi) is 2.26. The molecule has 1 nitrogen and oxygen atoms in total. The molecule has 0 aromatic heterocycles. The van der Waals surface area contributed by atoms with Crippen LogP contribution in [0.1, 0.15) is 26.7 Å². The Balaban J connectivity index is 3.04. The Morgan fingerprint density at radius 2 is 2.00 bits per heavy atom. The molecule has 0 heterocycles. The van der Waals surface area contributed by atoms with Gasteiger partial charge in [-0.3, -0.25) is 4.79 Å². The van der Waals surface area contributed by atoms with Crippen molar-refractivity contribution in [3.8, 4) is 0 Å². The van der Waals surface area contributed by atoms with Gasteiger partial charge in [0.2, 0.25) is 0 Å². The van der Waals surface area contributed by atoms with E-state index in [0.29, 0.717) is 5.57 Å². The smallest absolute Gasteiger partial charge is 0.299 e. The molecule has 0 amide bonds. The number of alkyl halides is 3. The zero-order chi connectivity index (χ0) is 10.3. The summed E-state index contributed by atoms with van der Waals surface area (Å²) in [7, 11) is 0. The second kappa shape index (κ2) is 2.86. The molecule has 0 N–H and O–H groups in total. The highest BCUT2D eigenvalue weighted by Crippen LogP contribution is 2.45. The second-order valence-electron chi connectivity index (χ2n) is 3.80. The van der Waals surface area contributed by atoms with Gasteiger partial charge in [0.25, 0.3) is 0 Å². The van der Waals surface area contributed by atoms with Crippen LogP contribution in [0.3, 0.4) is 0 Å². The standard InChI is InChI=1S/C9H11F3O/c1-6-3-7(13)5-8(2,4-6)9(10,11)12/h4H,3,5H2,1-2H3. The first-order chi connectivity index (χ1) is 5.74. The van der Waals surface area contributed by atoms with Gasteiger partial charge in [0.1, 0.15) is 5.78 Å². The highest BCUT2D eigenvalue weighted by molar-refractivity contribution is 5.83. The fourth-order valence-corrected chi connectivity index (χ4v) is 1.61.